The molecule has 0 saturated heterocycles. The average molecular weight is 299 g/mol. The third kappa shape index (κ3) is 5.32. The van der Waals surface area contributed by atoms with Crippen LogP contribution in [0.3, 0.4) is 0 Å². The fourth-order valence-corrected chi connectivity index (χ4v) is 3.69. The van der Waals surface area contributed by atoms with Crippen LogP contribution >= 0.6 is 0 Å². The molecule has 0 N–H and O–H groups in total. The van der Waals surface area contributed by atoms with Gasteiger partial charge in [0.1, 0.15) is 5.78 Å². The summed E-state index contributed by atoms with van der Waals surface area (Å²) in [4.78, 5) is 11.9. The van der Waals surface area contributed by atoms with Crippen LogP contribution in [0.25, 0.3) is 0 Å². The first-order valence-corrected chi connectivity index (χ1v) is 11.2. The van der Waals surface area contributed by atoms with Gasteiger partial charge in [-0.1, -0.05) is 34.1 Å². The molecule has 1 fully saturated rings. The second kappa shape index (κ2) is 7.21. The number of carbonyl (C=O) groups is 1. The van der Waals surface area contributed by atoms with Gasteiger partial charge in [-0.3, -0.25) is 4.79 Å². The van der Waals surface area contributed by atoms with Crippen molar-refractivity contribution in [3.63, 3.8) is 0 Å². The summed E-state index contributed by atoms with van der Waals surface area (Å²) in [6, 6.07) is 0. The lowest BCUT2D eigenvalue weighted by Crippen LogP contribution is -2.40. The number of rotatable bonds is 6. The van der Waals surface area contributed by atoms with E-state index in [-0.39, 0.29) is 0 Å². The highest BCUT2D eigenvalue weighted by Crippen LogP contribution is 2.36. The molecule has 1 saturated carbocycles. The van der Waals surface area contributed by atoms with Gasteiger partial charge in [-0.2, -0.15) is 0 Å². The molecule has 2 atom stereocenters. The highest BCUT2D eigenvalue weighted by Gasteiger charge is 2.36. The predicted octanol–water partition coefficient (Wildman–Crippen LogP) is 5.18. The number of Topliss-reactive ketones (excluding diaryl/α,β-unsaturated/α-hetero) is 1. The molecule has 0 spiro atoms. The van der Waals surface area contributed by atoms with E-state index in [0.717, 1.165) is 38.7 Å². The zero-order valence-corrected chi connectivity index (χ0v) is 15.4. The molecule has 2 unspecified atom stereocenters. The maximum Gasteiger partial charge on any atom is 0.191 e. The lowest BCUT2D eigenvalue weighted by molar-refractivity contribution is -0.126. The van der Waals surface area contributed by atoms with E-state index in [1.807, 2.05) is 0 Å². The van der Waals surface area contributed by atoms with Crippen LogP contribution in [0.4, 0.5) is 0 Å². The molecule has 0 radical (unpaired) electrons. The number of hydrogen-bond donors (Lipinski definition) is 0. The molecule has 20 heavy (non-hydrogen) atoms. The van der Waals surface area contributed by atoms with Crippen molar-refractivity contribution in [3.8, 4) is 0 Å². The van der Waals surface area contributed by atoms with Crippen LogP contribution in [0, 0.1) is 11.8 Å². The summed E-state index contributed by atoms with van der Waals surface area (Å²) in [6.45, 7) is 14.5. The summed E-state index contributed by atoms with van der Waals surface area (Å²) in [5, 5.41) is 0.294. The monoisotopic (exact) mass is 298 g/mol. The number of ketones is 1. The Morgan fingerprint density at radius 2 is 1.85 bits per heavy atom. The molecule has 2 nitrogen and oxygen atoms in total. The molecule has 0 aromatic rings. The molecular formula is C17H34O2Si. The maximum atomic E-state index is 11.9. The van der Waals surface area contributed by atoms with E-state index in [9.17, 15) is 4.79 Å². The summed E-state index contributed by atoms with van der Waals surface area (Å²) in [7, 11) is -1.58. The Morgan fingerprint density at radius 3 is 2.40 bits per heavy atom. The Labute approximate surface area is 126 Å². The topological polar surface area (TPSA) is 26.3 Å². The smallest absolute Gasteiger partial charge is 0.191 e. The van der Waals surface area contributed by atoms with Gasteiger partial charge in [0.25, 0.3) is 0 Å². The third-order valence-corrected chi connectivity index (χ3v) is 9.77. The zero-order chi connectivity index (χ0) is 15.4. The minimum absolute atomic E-state index is 0.294. The molecule has 0 aliphatic heterocycles. The number of unbranched alkanes of at least 4 members (excludes halogenated alkanes) is 1. The van der Waals surface area contributed by atoms with Gasteiger partial charge in [-0.05, 0) is 49.7 Å². The lowest BCUT2D eigenvalue weighted by Gasteiger charge is -2.36. The molecule has 1 aliphatic carbocycles. The van der Waals surface area contributed by atoms with Crippen molar-refractivity contribution in [1.82, 2.24) is 0 Å². The van der Waals surface area contributed by atoms with Gasteiger partial charge in [-0.15, -0.1) is 0 Å². The fraction of sp³-hybridized carbons (Fsp3) is 0.941. The van der Waals surface area contributed by atoms with E-state index in [1.165, 1.54) is 6.42 Å². The minimum Gasteiger partial charge on any atom is -0.417 e. The molecule has 118 valence electrons. The summed E-state index contributed by atoms with van der Waals surface area (Å²) >= 11 is 0. The van der Waals surface area contributed by atoms with Crippen molar-refractivity contribution in [1.29, 1.82) is 0 Å². The summed E-state index contributed by atoms with van der Waals surface area (Å²) in [5.41, 5.74) is 0. The first kappa shape index (κ1) is 17.9. The van der Waals surface area contributed by atoms with Crippen LogP contribution in [0.15, 0.2) is 0 Å². The maximum absolute atomic E-state index is 11.9. The molecule has 0 amide bonds. The fourth-order valence-electron chi connectivity index (χ4n) is 2.60. The summed E-state index contributed by atoms with van der Waals surface area (Å²) in [6.07, 6.45) is 6.47. The Kier molecular flexibility index (Phi) is 6.46. The summed E-state index contributed by atoms with van der Waals surface area (Å²) in [5.74, 6) is 1.47. The molecule has 0 aromatic carbocycles. The second-order valence-electron chi connectivity index (χ2n) is 8.15. The molecule has 0 aromatic heterocycles. The van der Waals surface area contributed by atoms with Gasteiger partial charge in [0.05, 0.1) is 0 Å². The van der Waals surface area contributed by atoms with E-state index in [0.29, 0.717) is 22.7 Å². The van der Waals surface area contributed by atoms with Crippen molar-refractivity contribution in [2.45, 2.75) is 84.4 Å². The highest BCUT2D eigenvalue weighted by atomic mass is 28.4. The van der Waals surface area contributed by atoms with Crippen molar-refractivity contribution >= 4 is 14.1 Å². The SMILES string of the molecule is CC1CCC(CCCCO[Si](C)(C)C(C)(C)C)C(=O)C1. The average Bonchev–Trinajstić information content (AvgIpc) is 2.29. The van der Waals surface area contributed by atoms with E-state index in [4.69, 9.17) is 4.43 Å². The van der Waals surface area contributed by atoms with Crippen LogP contribution in [0.1, 0.15) is 66.2 Å². The predicted molar refractivity (Wildman–Crippen MR) is 88.5 cm³/mol. The summed E-state index contributed by atoms with van der Waals surface area (Å²) < 4.78 is 6.18. The Hall–Kier alpha value is -0.153. The van der Waals surface area contributed by atoms with Crippen molar-refractivity contribution in [3.05, 3.63) is 0 Å². The Balaban J connectivity index is 2.18. The van der Waals surface area contributed by atoms with Gasteiger partial charge >= 0.3 is 0 Å². The quantitative estimate of drug-likeness (QED) is 0.498. The Morgan fingerprint density at radius 1 is 1.20 bits per heavy atom. The number of hydrogen-bond acceptors (Lipinski definition) is 2. The van der Waals surface area contributed by atoms with Crippen LogP contribution in [0.5, 0.6) is 0 Å². The molecule has 1 rings (SSSR count). The van der Waals surface area contributed by atoms with E-state index in [2.05, 4.69) is 40.8 Å². The van der Waals surface area contributed by atoms with Crippen LogP contribution in [-0.2, 0) is 9.22 Å². The van der Waals surface area contributed by atoms with Gasteiger partial charge in [0.2, 0.25) is 0 Å². The normalized spacial score (nSPS) is 25.0. The highest BCUT2D eigenvalue weighted by molar-refractivity contribution is 6.74. The van der Waals surface area contributed by atoms with Crippen molar-refractivity contribution in [2.24, 2.45) is 11.8 Å². The molecular weight excluding hydrogens is 264 g/mol. The van der Waals surface area contributed by atoms with Gasteiger partial charge in [-0.25, -0.2) is 0 Å². The molecule has 1 aliphatic rings. The molecule has 0 bridgehead atoms. The van der Waals surface area contributed by atoms with E-state index in [1.54, 1.807) is 0 Å². The molecule has 3 heteroatoms. The first-order chi connectivity index (χ1) is 9.13. The minimum atomic E-state index is -1.58. The van der Waals surface area contributed by atoms with E-state index >= 15 is 0 Å². The second-order valence-corrected chi connectivity index (χ2v) is 13.0. The zero-order valence-electron chi connectivity index (χ0n) is 14.4. The third-order valence-electron chi connectivity index (χ3n) is 5.23. The Bertz CT molecular complexity index is 317. The van der Waals surface area contributed by atoms with Crippen molar-refractivity contribution < 1.29 is 9.22 Å². The van der Waals surface area contributed by atoms with Gasteiger partial charge < -0.3 is 4.43 Å². The lowest BCUT2D eigenvalue weighted by atomic mass is 9.80. The number of carbonyl (C=O) groups excluding carboxylic acids is 1. The van der Waals surface area contributed by atoms with E-state index < -0.39 is 8.32 Å². The standard InChI is InChI=1S/C17H34O2Si/c1-14-10-11-15(16(18)13-14)9-7-8-12-19-20(5,6)17(2,3)4/h14-15H,7-13H2,1-6H3. The van der Waals surface area contributed by atoms with Gasteiger partial charge in [0, 0.05) is 18.9 Å². The van der Waals surface area contributed by atoms with Crippen molar-refractivity contribution in [2.75, 3.05) is 6.61 Å². The molecule has 0 heterocycles. The van der Waals surface area contributed by atoms with Crippen LogP contribution in [-0.4, -0.2) is 20.7 Å². The van der Waals surface area contributed by atoms with Gasteiger partial charge in [0.15, 0.2) is 8.32 Å². The van der Waals surface area contributed by atoms with Crippen LogP contribution < -0.4 is 0 Å². The largest absolute Gasteiger partial charge is 0.417 e. The van der Waals surface area contributed by atoms with Crippen LogP contribution in [0.2, 0.25) is 18.1 Å². The first-order valence-electron chi connectivity index (χ1n) is 8.30.